The number of aliphatic hydroxyl groups excluding tert-OH is 1. The summed E-state index contributed by atoms with van der Waals surface area (Å²) in [5.41, 5.74) is 1.21. The number of ketones is 1. The first-order valence-corrected chi connectivity index (χ1v) is 18.4. The van der Waals surface area contributed by atoms with Crippen LogP contribution in [0.3, 0.4) is 0 Å². The number of aryl methyl sites for hydroxylation is 1. The van der Waals surface area contributed by atoms with E-state index in [9.17, 15) is 24.6 Å². The van der Waals surface area contributed by atoms with Gasteiger partial charge in [0.25, 0.3) is 5.91 Å². The van der Waals surface area contributed by atoms with Crippen molar-refractivity contribution < 1.29 is 29.0 Å². The number of aromatic nitrogens is 3. The molecule has 0 unspecified atom stereocenters. The molecule has 0 bridgehead atoms. The van der Waals surface area contributed by atoms with E-state index in [1.54, 1.807) is 21.6 Å². The molecule has 1 aliphatic carbocycles. The monoisotopic (exact) mass is 620 g/mol. The topological polar surface area (TPSA) is 135 Å². The first kappa shape index (κ1) is 32.0. The van der Waals surface area contributed by atoms with Gasteiger partial charge in [0.2, 0.25) is 0 Å². The number of carboxylic acids is 1. The number of carboxylic acid groups (broad SMARTS) is 1. The van der Waals surface area contributed by atoms with Gasteiger partial charge in [0.15, 0.2) is 20.2 Å². The highest BCUT2D eigenvalue weighted by molar-refractivity contribution is 6.74. The molecule has 3 aromatic rings. The van der Waals surface area contributed by atoms with Crippen LogP contribution in [0.4, 0.5) is 5.82 Å². The quantitative estimate of drug-likeness (QED) is 0.282. The van der Waals surface area contributed by atoms with Gasteiger partial charge in [-0.3, -0.25) is 14.5 Å². The van der Waals surface area contributed by atoms with Crippen molar-refractivity contribution in [1.82, 2.24) is 14.5 Å². The summed E-state index contributed by atoms with van der Waals surface area (Å²) in [6.07, 6.45) is 6.28. The number of nitrogens with zero attached hydrogens (tertiary/aromatic N) is 4. The number of hydrogen-bond acceptors (Lipinski definition) is 7. The molecule has 236 valence electrons. The maximum atomic E-state index is 14.4. The van der Waals surface area contributed by atoms with Crippen LogP contribution in [0.2, 0.25) is 18.1 Å². The number of hydrogen-bond donors (Lipinski definition) is 2. The molecule has 5 rings (SSSR count). The molecule has 0 radical (unpaired) electrons. The third kappa shape index (κ3) is 5.97. The third-order valence-electron chi connectivity index (χ3n) is 9.95. The van der Waals surface area contributed by atoms with Crippen molar-refractivity contribution in [1.29, 1.82) is 0 Å². The Labute approximate surface area is 259 Å². The van der Waals surface area contributed by atoms with E-state index in [1.165, 1.54) is 6.33 Å². The first-order chi connectivity index (χ1) is 20.8. The molecule has 1 fully saturated rings. The van der Waals surface area contributed by atoms with Gasteiger partial charge in [-0.25, -0.2) is 14.8 Å². The number of aliphatic hydroxyl groups is 1. The van der Waals surface area contributed by atoms with Crippen molar-refractivity contribution in [2.45, 2.75) is 96.0 Å². The average Bonchev–Trinajstić information content (AvgIpc) is 3.54. The summed E-state index contributed by atoms with van der Waals surface area (Å²) >= 11 is 0. The van der Waals surface area contributed by atoms with E-state index >= 15 is 0 Å². The number of carbonyl (C=O) groups excluding carboxylic acids is 2. The van der Waals surface area contributed by atoms with Gasteiger partial charge < -0.3 is 19.2 Å². The highest BCUT2D eigenvalue weighted by Gasteiger charge is 2.48. The van der Waals surface area contributed by atoms with Crippen LogP contribution in [0.15, 0.2) is 42.9 Å². The van der Waals surface area contributed by atoms with E-state index in [1.807, 2.05) is 58.3 Å². The fraction of sp³-hybridized carbons (Fsp3) is 0.545. The molecule has 1 amide bonds. The van der Waals surface area contributed by atoms with Crippen molar-refractivity contribution in [2.24, 2.45) is 5.41 Å². The van der Waals surface area contributed by atoms with E-state index in [4.69, 9.17) is 4.43 Å². The molecular weight excluding hydrogens is 576 g/mol. The number of anilines is 1. The summed E-state index contributed by atoms with van der Waals surface area (Å²) in [6.45, 7) is 10.4. The minimum Gasteiger partial charge on any atom is -0.479 e. The van der Waals surface area contributed by atoms with Crippen LogP contribution in [0.1, 0.15) is 81.3 Å². The average molecular weight is 621 g/mol. The van der Waals surface area contributed by atoms with E-state index in [0.29, 0.717) is 54.6 Å². The van der Waals surface area contributed by atoms with Gasteiger partial charge in [-0.15, -0.1) is 0 Å². The number of rotatable bonds is 10. The molecule has 2 aromatic heterocycles. The van der Waals surface area contributed by atoms with Crippen LogP contribution >= 0.6 is 0 Å². The zero-order chi connectivity index (χ0) is 31.9. The van der Waals surface area contributed by atoms with E-state index in [0.717, 1.165) is 18.4 Å². The van der Waals surface area contributed by atoms with Crippen molar-refractivity contribution in [3.8, 4) is 0 Å². The largest absolute Gasteiger partial charge is 0.479 e. The molecule has 2 atom stereocenters. The molecule has 1 aliphatic heterocycles. The Bertz CT molecular complexity index is 1540. The van der Waals surface area contributed by atoms with Crippen molar-refractivity contribution in [3.05, 3.63) is 54.0 Å². The van der Waals surface area contributed by atoms with Crippen molar-refractivity contribution in [2.75, 3.05) is 18.1 Å². The fourth-order valence-corrected chi connectivity index (χ4v) is 7.64. The van der Waals surface area contributed by atoms with E-state index < -0.39 is 31.8 Å². The summed E-state index contributed by atoms with van der Waals surface area (Å²) in [5, 5.41) is 21.4. The maximum Gasteiger partial charge on any atom is 0.334 e. The Balaban J connectivity index is 1.66. The van der Waals surface area contributed by atoms with Gasteiger partial charge >= 0.3 is 5.97 Å². The van der Waals surface area contributed by atoms with E-state index in [-0.39, 0.29) is 29.8 Å². The summed E-state index contributed by atoms with van der Waals surface area (Å²) in [5.74, 6) is -1.26. The zero-order valence-electron chi connectivity index (χ0n) is 26.4. The second-order valence-electron chi connectivity index (χ2n) is 14.0. The fourth-order valence-electron chi connectivity index (χ4n) is 6.42. The lowest BCUT2D eigenvalue weighted by molar-refractivity contribution is -0.151. The molecule has 11 heteroatoms. The number of amides is 1. The second-order valence-corrected chi connectivity index (χ2v) is 18.7. The smallest absolute Gasteiger partial charge is 0.334 e. The van der Waals surface area contributed by atoms with Gasteiger partial charge in [-0.05, 0) is 61.5 Å². The molecule has 1 saturated carbocycles. The van der Waals surface area contributed by atoms with Crippen LogP contribution < -0.4 is 4.90 Å². The predicted molar refractivity (Wildman–Crippen MR) is 170 cm³/mol. The number of carbonyl (C=O) groups is 3. The Morgan fingerprint density at radius 1 is 1.07 bits per heavy atom. The minimum absolute atomic E-state index is 0.0460. The Kier molecular flexibility index (Phi) is 8.85. The molecule has 3 heterocycles. The van der Waals surface area contributed by atoms with Gasteiger partial charge in [0.1, 0.15) is 23.8 Å². The Morgan fingerprint density at radius 3 is 2.36 bits per heavy atom. The minimum atomic E-state index is -2.66. The van der Waals surface area contributed by atoms with Crippen LogP contribution in [0.25, 0.3) is 11.0 Å². The van der Waals surface area contributed by atoms with Crippen LogP contribution in [-0.4, -0.2) is 70.0 Å². The summed E-state index contributed by atoms with van der Waals surface area (Å²) in [4.78, 5) is 51.9. The summed E-state index contributed by atoms with van der Waals surface area (Å²) in [6, 6.07) is 7.80. The lowest BCUT2D eigenvalue weighted by atomic mass is 9.80. The maximum absolute atomic E-state index is 14.4. The molecule has 44 heavy (non-hydrogen) atoms. The molecule has 2 aliphatic rings. The lowest BCUT2D eigenvalue weighted by Gasteiger charge is -2.40. The Hall–Kier alpha value is -3.41. The third-order valence-corrected chi connectivity index (χ3v) is 14.4. The normalized spacial score (nSPS) is 18.2. The van der Waals surface area contributed by atoms with Crippen LogP contribution in [0, 0.1) is 5.41 Å². The van der Waals surface area contributed by atoms with Gasteiger partial charge in [0.05, 0.1) is 5.39 Å². The second kappa shape index (κ2) is 12.2. The number of benzene rings is 1. The SMILES string of the molecule is CC(C)(C)[Si](C)(C)O[C@H](C(=O)O)[C@H](C(=O)CC1(CO)CCCC1)n1cc2c3c(ncnc31)N(C(=O)c1ccccc1)CCC2. The molecule has 10 nitrogen and oxygen atoms in total. The molecular formula is C33H44N4O6Si. The molecule has 1 aromatic carbocycles. The highest BCUT2D eigenvalue weighted by Crippen LogP contribution is 2.44. The van der Waals surface area contributed by atoms with Crippen LogP contribution in [-0.2, 0) is 20.4 Å². The standard InChI is InChI=1S/C33H44N4O6Si/c1-32(2,3)44(4,5)43-27(31(41)42)26(24(39)18-33(20-38)15-9-10-16-33)37-19-23-14-11-17-36(28-25(23)29(37)35-21-34-28)30(40)22-12-7-6-8-13-22/h6-8,12-13,19,21,26-27,38H,9-11,14-18,20H2,1-5H3,(H,41,42)/t26-,27-/m0/s1. The molecule has 2 N–H and O–H groups in total. The molecule has 0 saturated heterocycles. The number of aliphatic carboxylic acids is 1. The van der Waals surface area contributed by atoms with Gasteiger partial charge in [0, 0.05) is 36.7 Å². The first-order valence-electron chi connectivity index (χ1n) is 15.5. The van der Waals surface area contributed by atoms with Crippen LogP contribution in [0.5, 0.6) is 0 Å². The van der Waals surface area contributed by atoms with Crippen molar-refractivity contribution in [3.63, 3.8) is 0 Å². The Morgan fingerprint density at radius 2 is 1.75 bits per heavy atom. The summed E-state index contributed by atoms with van der Waals surface area (Å²) < 4.78 is 8.19. The van der Waals surface area contributed by atoms with Crippen molar-refractivity contribution >= 4 is 42.8 Å². The van der Waals surface area contributed by atoms with E-state index in [2.05, 4.69) is 9.97 Å². The number of Topliss-reactive ketones (excluding diaryl/α,β-unsaturated/α-hetero) is 1. The lowest BCUT2D eigenvalue weighted by Crippen LogP contribution is -2.50. The van der Waals surface area contributed by atoms with Gasteiger partial charge in [-0.1, -0.05) is 51.8 Å². The highest BCUT2D eigenvalue weighted by atomic mass is 28.4. The summed E-state index contributed by atoms with van der Waals surface area (Å²) in [7, 11) is -2.66. The predicted octanol–water partition coefficient (Wildman–Crippen LogP) is 5.55. The molecule has 0 spiro atoms. The van der Waals surface area contributed by atoms with Gasteiger partial charge in [-0.2, -0.15) is 0 Å². The zero-order valence-corrected chi connectivity index (χ0v) is 27.4.